The van der Waals surface area contributed by atoms with Crippen LogP contribution in [0.25, 0.3) is 0 Å². The quantitative estimate of drug-likeness (QED) is 0.158. The van der Waals surface area contributed by atoms with Crippen LogP contribution in [-0.2, 0) is 19.8 Å². The number of carbonyl (C=O) groups is 2. The van der Waals surface area contributed by atoms with Crippen LogP contribution in [0.15, 0.2) is 121 Å². The number of aryl methyl sites for hydroxylation is 1. The Morgan fingerprint density at radius 2 is 0.976 bits per heavy atom. The van der Waals surface area contributed by atoms with E-state index in [2.05, 4.69) is 0 Å². The standard InChI is InChI=1S/C36H30O6/c1-25-12-11-19-30(40-22-26-13-5-2-6-14-26)33(25)35(37)34-31(41-23-27-15-7-3-8-16-27)20-29(36(38)39)21-32(34)42-24-28-17-9-4-10-18-28/h2-21H,22-24H2,1H3,(H,38,39). The smallest absolute Gasteiger partial charge is 0.335 e. The first-order chi connectivity index (χ1) is 20.5. The van der Waals surface area contributed by atoms with Gasteiger partial charge in [0.05, 0.1) is 11.1 Å². The van der Waals surface area contributed by atoms with Crippen molar-refractivity contribution in [1.82, 2.24) is 0 Å². The van der Waals surface area contributed by atoms with Gasteiger partial charge < -0.3 is 19.3 Å². The third-order valence-corrected chi connectivity index (χ3v) is 6.71. The van der Waals surface area contributed by atoms with E-state index in [-0.39, 0.29) is 48.2 Å². The van der Waals surface area contributed by atoms with Crippen LogP contribution in [0.2, 0.25) is 0 Å². The molecule has 0 saturated carbocycles. The predicted octanol–water partition coefficient (Wildman–Crippen LogP) is 7.66. The Hall–Kier alpha value is -5.36. The molecule has 0 aliphatic rings. The lowest BCUT2D eigenvalue weighted by Gasteiger charge is -2.19. The van der Waals surface area contributed by atoms with Crippen molar-refractivity contribution in [2.45, 2.75) is 26.7 Å². The third-order valence-electron chi connectivity index (χ3n) is 6.71. The lowest BCUT2D eigenvalue weighted by molar-refractivity contribution is 0.0695. The topological polar surface area (TPSA) is 82.1 Å². The summed E-state index contributed by atoms with van der Waals surface area (Å²) >= 11 is 0. The Balaban J connectivity index is 1.58. The summed E-state index contributed by atoms with van der Waals surface area (Å²) < 4.78 is 18.5. The van der Waals surface area contributed by atoms with Crippen molar-refractivity contribution in [2.75, 3.05) is 0 Å². The van der Waals surface area contributed by atoms with Gasteiger partial charge in [0.2, 0.25) is 5.78 Å². The number of carboxylic acid groups (broad SMARTS) is 1. The Kier molecular flexibility index (Phi) is 8.94. The van der Waals surface area contributed by atoms with E-state index in [1.165, 1.54) is 12.1 Å². The molecule has 6 heteroatoms. The lowest BCUT2D eigenvalue weighted by Crippen LogP contribution is -2.13. The zero-order valence-corrected chi connectivity index (χ0v) is 23.2. The van der Waals surface area contributed by atoms with E-state index in [1.807, 2.05) is 110 Å². The maximum absolute atomic E-state index is 14.5. The van der Waals surface area contributed by atoms with E-state index in [4.69, 9.17) is 14.2 Å². The molecule has 0 aliphatic carbocycles. The van der Waals surface area contributed by atoms with Gasteiger partial charge in [-0.3, -0.25) is 4.79 Å². The van der Waals surface area contributed by atoms with Crippen molar-refractivity contribution in [3.05, 3.63) is 160 Å². The van der Waals surface area contributed by atoms with Gasteiger partial charge in [-0.25, -0.2) is 4.79 Å². The first kappa shape index (κ1) is 28.2. The van der Waals surface area contributed by atoms with Crippen molar-refractivity contribution in [3.8, 4) is 17.2 Å². The minimum Gasteiger partial charge on any atom is -0.488 e. The summed E-state index contributed by atoms with van der Waals surface area (Å²) in [5.74, 6) is -0.910. The summed E-state index contributed by atoms with van der Waals surface area (Å²) in [7, 11) is 0. The summed E-state index contributed by atoms with van der Waals surface area (Å²) in [4.78, 5) is 26.6. The number of carbonyl (C=O) groups excluding carboxylic acids is 1. The fourth-order valence-corrected chi connectivity index (χ4v) is 4.55. The average molecular weight is 559 g/mol. The molecule has 0 heterocycles. The molecule has 1 N–H and O–H groups in total. The molecule has 210 valence electrons. The molecule has 0 amide bonds. The Labute approximate surface area is 244 Å². The van der Waals surface area contributed by atoms with Crippen LogP contribution >= 0.6 is 0 Å². The van der Waals surface area contributed by atoms with Crippen molar-refractivity contribution >= 4 is 11.8 Å². The predicted molar refractivity (Wildman–Crippen MR) is 160 cm³/mol. The van der Waals surface area contributed by atoms with E-state index in [0.717, 1.165) is 16.7 Å². The second-order valence-electron chi connectivity index (χ2n) is 9.75. The van der Waals surface area contributed by atoms with Crippen LogP contribution in [0.1, 0.15) is 48.5 Å². The molecule has 6 nitrogen and oxygen atoms in total. The highest BCUT2D eigenvalue weighted by atomic mass is 16.5. The molecule has 0 fully saturated rings. The number of ketones is 1. The fraction of sp³-hybridized carbons (Fsp3) is 0.111. The molecule has 5 rings (SSSR count). The van der Waals surface area contributed by atoms with Gasteiger partial charge in [0.15, 0.2) is 0 Å². The van der Waals surface area contributed by atoms with Gasteiger partial charge in [0.1, 0.15) is 42.6 Å². The number of carboxylic acids is 1. The zero-order valence-electron chi connectivity index (χ0n) is 23.2. The van der Waals surface area contributed by atoms with Crippen LogP contribution in [0.5, 0.6) is 17.2 Å². The monoisotopic (exact) mass is 558 g/mol. The van der Waals surface area contributed by atoms with E-state index in [0.29, 0.717) is 16.9 Å². The molecule has 0 radical (unpaired) electrons. The Morgan fingerprint density at radius 1 is 0.548 bits per heavy atom. The second-order valence-corrected chi connectivity index (χ2v) is 9.75. The van der Waals surface area contributed by atoms with Crippen LogP contribution in [0.3, 0.4) is 0 Å². The number of ether oxygens (including phenoxy) is 3. The minimum atomic E-state index is -1.16. The lowest BCUT2D eigenvalue weighted by atomic mass is 9.95. The van der Waals surface area contributed by atoms with E-state index < -0.39 is 5.97 Å². The summed E-state index contributed by atoms with van der Waals surface area (Å²) in [6.07, 6.45) is 0. The van der Waals surface area contributed by atoms with E-state index in [9.17, 15) is 14.7 Å². The van der Waals surface area contributed by atoms with Crippen LogP contribution < -0.4 is 14.2 Å². The first-order valence-corrected chi connectivity index (χ1v) is 13.6. The Bertz CT molecular complexity index is 1600. The van der Waals surface area contributed by atoms with Crippen LogP contribution in [0.4, 0.5) is 0 Å². The number of rotatable bonds is 12. The highest BCUT2D eigenvalue weighted by Crippen LogP contribution is 2.37. The van der Waals surface area contributed by atoms with Crippen molar-refractivity contribution < 1.29 is 28.9 Å². The number of aromatic carboxylic acids is 1. The maximum Gasteiger partial charge on any atom is 0.335 e. The average Bonchev–Trinajstić information content (AvgIpc) is 3.02. The SMILES string of the molecule is Cc1cccc(OCc2ccccc2)c1C(=O)c1c(OCc2ccccc2)cc(C(=O)O)cc1OCc1ccccc1. The van der Waals surface area contributed by atoms with Crippen LogP contribution in [0, 0.1) is 6.92 Å². The van der Waals surface area contributed by atoms with Gasteiger partial charge in [-0.1, -0.05) is 103 Å². The first-order valence-electron chi connectivity index (χ1n) is 13.6. The van der Waals surface area contributed by atoms with E-state index >= 15 is 0 Å². The van der Waals surface area contributed by atoms with Gasteiger partial charge in [-0.05, 0) is 47.4 Å². The zero-order chi connectivity index (χ0) is 29.3. The minimum absolute atomic E-state index is 0.0528. The molecule has 0 unspecified atom stereocenters. The van der Waals surface area contributed by atoms with E-state index in [1.54, 1.807) is 6.07 Å². The normalized spacial score (nSPS) is 10.6. The van der Waals surface area contributed by atoms with Crippen molar-refractivity contribution in [3.63, 3.8) is 0 Å². The number of benzene rings is 5. The van der Waals surface area contributed by atoms with Gasteiger partial charge in [-0.15, -0.1) is 0 Å². The maximum atomic E-state index is 14.5. The highest BCUT2D eigenvalue weighted by Gasteiger charge is 2.27. The van der Waals surface area contributed by atoms with Gasteiger partial charge in [-0.2, -0.15) is 0 Å². The van der Waals surface area contributed by atoms with Crippen LogP contribution in [-0.4, -0.2) is 16.9 Å². The summed E-state index contributed by atoms with van der Waals surface area (Å²) in [5.41, 5.74) is 3.83. The molecule has 0 aromatic heterocycles. The number of hydrogen-bond donors (Lipinski definition) is 1. The molecule has 0 saturated heterocycles. The molecule has 5 aromatic carbocycles. The largest absolute Gasteiger partial charge is 0.488 e. The molecule has 0 atom stereocenters. The number of hydrogen-bond acceptors (Lipinski definition) is 5. The summed E-state index contributed by atoms with van der Waals surface area (Å²) in [6, 6.07) is 36.8. The third kappa shape index (κ3) is 6.85. The van der Waals surface area contributed by atoms with Crippen molar-refractivity contribution in [1.29, 1.82) is 0 Å². The molecule has 0 bridgehead atoms. The summed E-state index contributed by atoms with van der Waals surface area (Å²) in [5, 5.41) is 9.90. The molecule has 5 aromatic rings. The molecular formula is C36H30O6. The fourth-order valence-electron chi connectivity index (χ4n) is 4.55. The molecule has 0 aliphatic heterocycles. The van der Waals surface area contributed by atoms with Gasteiger partial charge >= 0.3 is 5.97 Å². The molecular weight excluding hydrogens is 528 g/mol. The van der Waals surface area contributed by atoms with Gasteiger partial charge in [0, 0.05) is 0 Å². The van der Waals surface area contributed by atoms with Crippen molar-refractivity contribution in [2.24, 2.45) is 0 Å². The molecule has 42 heavy (non-hydrogen) atoms. The second kappa shape index (κ2) is 13.3. The van der Waals surface area contributed by atoms with Gasteiger partial charge in [0.25, 0.3) is 0 Å². The summed E-state index contributed by atoms with van der Waals surface area (Å²) in [6.45, 7) is 2.38. The Morgan fingerprint density at radius 3 is 1.40 bits per heavy atom. The molecule has 0 spiro atoms. The highest BCUT2D eigenvalue weighted by molar-refractivity contribution is 6.15.